The highest BCUT2D eigenvalue weighted by Crippen LogP contribution is 2.01. The summed E-state index contributed by atoms with van der Waals surface area (Å²) < 4.78 is 37.1. The lowest BCUT2D eigenvalue weighted by Crippen LogP contribution is -2.15. The highest BCUT2D eigenvalue weighted by Gasteiger charge is 1.96. The van der Waals surface area contributed by atoms with Crippen molar-refractivity contribution < 1.29 is 38.0 Å². The molecule has 0 aliphatic heterocycles. The second-order valence-electron chi connectivity index (χ2n) is 6.15. The topological polar surface area (TPSA) is 81.7 Å². The number of hydrogen-bond acceptors (Lipinski definition) is 8. The van der Waals surface area contributed by atoms with Gasteiger partial charge in [-0.25, -0.2) is 4.79 Å². The van der Waals surface area contributed by atoms with Crippen molar-refractivity contribution in [2.45, 2.75) is 25.7 Å². The van der Waals surface area contributed by atoms with E-state index in [4.69, 9.17) is 44.8 Å². The number of carbonyl (C=O) groups is 1. The molecular formula is C21H39ClO8. The summed E-state index contributed by atoms with van der Waals surface area (Å²) in [6.45, 7) is 9.86. The van der Waals surface area contributed by atoms with E-state index in [9.17, 15) is 4.79 Å². The van der Waals surface area contributed by atoms with Gasteiger partial charge in [-0.15, -0.1) is 11.6 Å². The molecule has 0 amide bonds. The fraction of sp³-hybridized carbons (Fsp3) is 0.857. The van der Waals surface area contributed by atoms with Gasteiger partial charge in [-0.2, -0.15) is 0 Å². The summed E-state index contributed by atoms with van der Waals surface area (Å²) >= 11 is 5.62. The molecule has 0 N–H and O–H groups in total. The summed E-state index contributed by atoms with van der Waals surface area (Å²) in [5, 5.41) is 0. The molecule has 0 aliphatic carbocycles. The Morgan fingerprint density at radius 2 is 0.933 bits per heavy atom. The molecular weight excluding hydrogens is 416 g/mol. The van der Waals surface area contributed by atoms with Crippen molar-refractivity contribution in [1.29, 1.82) is 0 Å². The van der Waals surface area contributed by atoms with E-state index in [1.54, 1.807) is 0 Å². The minimum Gasteiger partial charge on any atom is -0.460 e. The van der Waals surface area contributed by atoms with Crippen molar-refractivity contribution in [3.8, 4) is 0 Å². The van der Waals surface area contributed by atoms with Crippen LogP contribution in [0.1, 0.15) is 25.7 Å². The van der Waals surface area contributed by atoms with Crippen LogP contribution < -0.4 is 0 Å². The Hall–Kier alpha value is -0.740. The number of rotatable bonds is 25. The van der Waals surface area contributed by atoms with E-state index in [1.807, 2.05) is 0 Å². The Morgan fingerprint density at radius 3 is 1.33 bits per heavy atom. The maximum Gasteiger partial charge on any atom is 0.330 e. The quantitative estimate of drug-likeness (QED) is 0.0901. The Kier molecular flexibility index (Phi) is 25.6. The minimum absolute atomic E-state index is 0.211. The van der Waals surface area contributed by atoms with E-state index in [-0.39, 0.29) is 6.61 Å². The number of carbonyl (C=O) groups excluding carboxylic acids is 1. The second kappa shape index (κ2) is 26.3. The van der Waals surface area contributed by atoms with Crippen molar-refractivity contribution in [2.24, 2.45) is 0 Å². The predicted octanol–water partition coefficient (Wildman–Crippen LogP) is 2.61. The van der Waals surface area contributed by atoms with Gasteiger partial charge in [0.15, 0.2) is 0 Å². The average molecular weight is 455 g/mol. The van der Waals surface area contributed by atoms with Crippen LogP contribution in [0.4, 0.5) is 0 Å². The van der Waals surface area contributed by atoms with Crippen LogP contribution in [0, 0.1) is 0 Å². The zero-order valence-electron chi connectivity index (χ0n) is 18.2. The van der Waals surface area contributed by atoms with Crippen molar-refractivity contribution >= 4 is 17.6 Å². The Labute approximate surface area is 186 Å². The van der Waals surface area contributed by atoms with Crippen LogP contribution in [0.15, 0.2) is 12.7 Å². The van der Waals surface area contributed by atoms with Crippen molar-refractivity contribution in [3.05, 3.63) is 12.7 Å². The van der Waals surface area contributed by atoms with E-state index in [0.29, 0.717) is 72.7 Å². The summed E-state index contributed by atoms with van der Waals surface area (Å²) in [5.74, 6) is 0.293. The standard InChI is InChI=1S/C21H39ClO8/c1-2-21(23)30-20-19-29-18-17-28-16-15-27-14-13-26-12-11-25-10-9-24-8-6-4-3-5-7-22/h2H,1,3-20H2. The average Bonchev–Trinajstić information content (AvgIpc) is 2.76. The molecule has 0 unspecified atom stereocenters. The van der Waals surface area contributed by atoms with E-state index in [2.05, 4.69) is 6.58 Å². The largest absolute Gasteiger partial charge is 0.460 e. The number of unbranched alkanes of at least 4 members (excludes halogenated alkanes) is 3. The summed E-state index contributed by atoms with van der Waals surface area (Å²) in [4.78, 5) is 10.8. The van der Waals surface area contributed by atoms with Gasteiger partial charge in [-0.05, 0) is 12.8 Å². The fourth-order valence-electron chi connectivity index (χ4n) is 2.11. The molecule has 9 heteroatoms. The third-order valence-electron chi connectivity index (χ3n) is 3.67. The highest BCUT2D eigenvalue weighted by atomic mass is 35.5. The molecule has 0 aromatic heterocycles. The highest BCUT2D eigenvalue weighted by molar-refractivity contribution is 6.17. The zero-order valence-corrected chi connectivity index (χ0v) is 18.9. The van der Waals surface area contributed by atoms with Gasteiger partial charge in [0.25, 0.3) is 0 Å². The molecule has 8 nitrogen and oxygen atoms in total. The Bertz CT molecular complexity index is 371. The molecule has 0 bridgehead atoms. The van der Waals surface area contributed by atoms with Gasteiger partial charge in [0.2, 0.25) is 0 Å². The van der Waals surface area contributed by atoms with E-state index < -0.39 is 5.97 Å². The molecule has 0 aromatic carbocycles. The summed E-state index contributed by atoms with van der Waals surface area (Å²) in [5.41, 5.74) is 0. The van der Waals surface area contributed by atoms with Crippen LogP contribution in [-0.2, 0) is 38.0 Å². The lowest BCUT2D eigenvalue weighted by atomic mass is 10.2. The van der Waals surface area contributed by atoms with Crippen LogP contribution in [0.3, 0.4) is 0 Å². The van der Waals surface area contributed by atoms with Gasteiger partial charge < -0.3 is 33.2 Å². The molecule has 0 aromatic rings. The summed E-state index contributed by atoms with van der Waals surface area (Å²) in [6.07, 6.45) is 5.62. The van der Waals surface area contributed by atoms with Crippen LogP contribution in [0.2, 0.25) is 0 Å². The molecule has 0 saturated carbocycles. The van der Waals surface area contributed by atoms with Crippen LogP contribution in [0.5, 0.6) is 0 Å². The van der Waals surface area contributed by atoms with E-state index >= 15 is 0 Å². The first kappa shape index (κ1) is 29.3. The van der Waals surface area contributed by atoms with Crippen LogP contribution in [-0.4, -0.2) is 97.7 Å². The van der Waals surface area contributed by atoms with E-state index in [1.165, 1.54) is 12.8 Å². The van der Waals surface area contributed by atoms with Crippen molar-refractivity contribution in [1.82, 2.24) is 0 Å². The predicted molar refractivity (Wildman–Crippen MR) is 115 cm³/mol. The first-order valence-electron chi connectivity index (χ1n) is 10.6. The van der Waals surface area contributed by atoms with Gasteiger partial charge in [0, 0.05) is 18.6 Å². The number of ether oxygens (including phenoxy) is 7. The first-order chi connectivity index (χ1) is 14.8. The molecule has 0 fully saturated rings. The smallest absolute Gasteiger partial charge is 0.330 e. The lowest BCUT2D eigenvalue weighted by molar-refractivity contribution is -0.139. The zero-order chi connectivity index (χ0) is 22.0. The van der Waals surface area contributed by atoms with Crippen molar-refractivity contribution in [2.75, 3.05) is 91.8 Å². The molecule has 30 heavy (non-hydrogen) atoms. The van der Waals surface area contributed by atoms with E-state index in [0.717, 1.165) is 31.4 Å². The molecule has 0 heterocycles. The SMILES string of the molecule is C=CC(=O)OCCOCCOCCOCCOCCOCCOCCCCCCCl. The Balaban J connectivity index is 3.02. The summed E-state index contributed by atoms with van der Waals surface area (Å²) in [6, 6.07) is 0. The number of hydrogen-bond donors (Lipinski definition) is 0. The summed E-state index contributed by atoms with van der Waals surface area (Å²) in [7, 11) is 0. The van der Waals surface area contributed by atoms with Crippen molar-refractivity contribution in [3.63, 3.8) is 0 Å². The number of esters is 1. The minimum atomic E-state index is -0.450. The second-order valence-corrected chi connectivity index (χ2v) is 6.53. The molecule has 0 atom stereocenters. The van der Waals surface area contributed by atoms with Crippen LogP contribution in [0.25, 0.3) is 0 Å². The first-order valence-corrected chi connectivity index (χ1v) is 11.2. The van der Waals surface area contributed by atoms with Gasteiger partial charge in [0.05, 0.1) is 72.7 Å². The normalized spacial score (nSPS) is 11.0. The molecule has 0 radical (unpaired) electrons. The Morgan fingerprint density at radius 1 is 0.567 bits per heavy atom. The third kappa shape index (κ3) is 25.3. The van der Waals surface area contributed by atoms with Crippen LogP contribution >= 0.6 is 11.6 Å². The van der Waals surface area contributed by atoms with Gasteiger partial charge >= 0.3 is 5.97 Å². The maximum absolute atomic E-state index is 10.8. The number of alkyl halides is 1. The molecule has 0 saturated heterocycles. The fourth-order valence-corrected chi connectivity index (χ4v) is 2.30. The lowest BCUT2D eigenvalue weighted by Gasteiger charge is -2.08. The van der Waals surface area contributed by atoms with Gasteiger partial charge in [-0.3, -0.25) is 0 Å². The molecule has 0 spiro atoms. The molecule has 0 rings (SSSR count). The third-order valence-corrected chi connectivity index (χ3v) is 3.94. The van der Waals surface area contributed by atoms with Gasteiger partial charge in [-0.1, -0.05) is 19.4 Å². The molecule has 178 valence electrons. The maximum atomic E-state index is 10.8. The van der Waals surface area contributed by atoms with Gasteiger partial charge in [0.1, 0.15) is 6.61 Å². The number of halogens is 1. The monoisotopic (exact) mass is 454 g/mol. The molecule has 0 aliphatic rings.